The average Bonchev–Trinajstić information content (AvgIpc) is 2.48. The van der Waals surface area contributed by atoms with E-state index in [-0.39, 0.29) is 6.10 Å². The Hall–Kier alpha value is -1.22. The summed E-state index contributed by atoms with van der Waals surface area (Å²) < 4.78 is 5.85. The summed E-state index contributed by atoms with van der Waals surface area (Å²) >= 11 is 0. The fraction of sp³-hybridized carbons (Fsp3) is 0.667. The van der Waals surface area contributed by atoms with Crippen LogP contribution in [0.1, 0.15) is 39.2 Å². The Morgan fingerprint density at radius 1 is 1.29 bits per heavy atom. The van der Waals surface area contributed by atoms with Crippen LogP contribution in [0.15, 0.2) is 18.2 Å². The van der Waals surface area contributed by atoms with Gasteiger partial charge in [-0.3, -0.25) is 0 Å². The molecule has 0 bridgehead atoms. The molecule has 1 fully saturated rings. The second-order valence-corrected chi connectivity index (χ2v) is 6.91. The van der Waals surface area contributed by atoms with Gasteiger partial charge in [0.05, 0.1) is 12.2 Å². The zero-order valence-corrected chi connectivity index (χ0v) is 13.6. The van der Waals surface area contributed by atoms with Crippen LogP contribution in [0.5, 0.6) is 5.75 Å². The molecule has 3 heteroatoms. The minimum atomic E-state index is 0.262. The Labute approximate surface area is 128 Å². The van der Waals surface area contributed by atoms with Crippen molar-refractivity contribution in [3.63, 3.8) is 0 Å². The summed E-state index contributed by atoms with van der Waals surface area (Å²) in [6, 6.07) is 7.24. The number of ether oxygens (including phenoxy) is 1. The molecule has 1 N–H and O–H groups in total. The molecule has 2 unspecified atom stereocenters. The molecule has 2 heterocycles. The Balaban J connectivity index is 1.62. The van der Waals surface area contributed by atoms with Gasteiger partial charge in [0.25, 0.3) is 0 Å². The number of nitrogens with one attached hydrogen (secondary N) is 1. The topological polar surface area (TPSA) is 24.5 Å². The van der Waals surface area contributed by atoms with E-state index in [9.17, 15) is 0 Å². The first-order valence-corrected chi connectivity index (χ1v) is 8.39. The van der Waals surface area contributed by atoms with E-state index in [1.807, 2.05) is 0 Å². The summed E-state index contributed by atoms with van der Waals surface area (Å²) in [5, 5.41) is 3.47. The molecule has 2 atom stereocenters. The van der Waals surface area contributed by atoms with Gasteiger partial charge in [-0.2, -0.15) is 0 Å². The highest BCUT2D eigenvalue weighted by atomic mass is 16.5. The highest BCUT2D eigenvalue weighted by molar-refractivity contribution is 5.59. The van der Waals surface area contributed by atoms with Crippen molar-refractivity contribution in [2.75, 3.05) is 25.0 Å². The van der Waals surface area contributed by atoms with Gasteiger partial charge < -0.3 is 15.0 Å². The van der Waals surface area contributed by atoms with E-state index in [2.05, 4.69) is 49.2 Å². The maximum atomic E-state index is 5.85. The molecule has 1 aromatic rings. The van der Waals surface area contributed by atoms with Gasteiger partial charge in [0.2, 0.25) is 0 Å². The summed E-state index contributed by atoms with van der Waals surface area (Å²) in [5.41, 5.74) is 2.57. The number of likely N-dealkylation sites (tertiary alicyclic amines) is 1. The van der Waals surface area contributed by atoms with Gasteiger partial charge in [-0.25, -0.2) is 0 Å². The van der Waals surface area contributed by atoms with Crippen molar-refractivity contribution in [3.05, 3.63) is 23.8 Å². The van der Waals surface area contributed by atoms with Gasteiger partial charge in [-0.05, 0) is 69.8 Å². The van der Waals surface area contributed by atoms with Crippen LogP contribution in [0, 0.1) is 5.92 Å². The van der Waals surface area contributed by atoms with E-state index < -0.39 is 0 Å². The molecule has 0 saturated carbocycles. The lowest BCUT2D eigenvalue weighted by molar-refractivity contribution is 0.146. The number of hydrogen-bond acceptors (Lipinski definition) is 3. The normalized spacial score (nSPS) is 24.8. The van der Waals surface area contributed by atoms with Crippen LogP contribution < -0.4 is 10.1 Å². The second kappa shape index (κ2) is 6.27. The summed E-state index contributed by atoms with van der Waals surface area (Å²) in [5.74, 6) is 1.90. The van der Waals surface area contributed by atoms with Crippen LogP contribution in [0.3, 0.4) is 0 Å². The van der Waals surface area contributed by atoms with E-state index in [4.69, 9.17) is 4.74 Å². The van der Waals surface area contributed by atoms with E-state index in [1.165, 1.54) is 31.5 Å². The van der Waals surface area contributed by atoms with Crippen molar-refractivity contribution < 1.29 is 4.74 Å². The third-order valence-electron chi connectivity index (χ3n) is 4.92. The highest BCUT2D eigenvalue weighted by Crippen LogP contribution is 2.30. The minimum Gasteiger partial charge on any atom is -0.487 e. The smallest absolute Gasteiger partial charge is 0.142 e. The van der Waals surface area contributed by atoms with Crippen LogP contribution in [-0.4, -0.2) is 36.7 Å². The Bertz CT molecular complexity index is 480. The Morgan fingerprint density at radius 3 is 2.81 bits per heavy atom. The van der Waals surface area contributed by atoms with Crippen LogP contribution in [0.4, 0.5) is 5.69 Å². The lowest BCUT2D eigenvalue weighted by Gasteiger charge is -2.35. The molecular weight excluding hydrogens is 260 g/mol. The van der Waals surface area contributed by atoms with Crippen molar-refractivity contribution in [1.82, 2.24) is 4.90 Å². The number of anilines is 1. The number of piperidine rings is 1. The lowest BCUT2D eigenvalue weighted by Crippen LogP contribution is -2.40. The monoisotopic (exact) mass is 288 g/mol. The third kappa shape index (κ3) is 3.52. The summed E-state index contributed by atoms with van der Waals surface area (Å²) in [7, 11) is 0. The van der Waals surface area contributed by atoms with E-state index in [1.54, 1.807) is 0 Å². The number of rotatable bonds is 3. The van der Waals surface area contributed by atoms with Crippen LogP contribution in [-0.2, 0) is 6.42 Å². The SMILES string of the molecule is CC1CCN(C(C)Cc2ccc3c(c2)NCC(C)O3)CC1. The largest absolute Gasteiger partial charge is 0.487 e. The molecule has 3 nitrogen and oxygen atoms in total. The van der Waals surface area contributed by atoms with E-state index >= 15 is 0 Å². The van der Waals surface area contributed by atoms with Crippen molar-refractivity contribution in [2.45, 2.75) is 52.2 Å². The van der Waals surface area contributed by atoms with E-state index in [0.717, 1.165) is 30.3 Å². The summed E-state index contributed by atoms with van der Waals surface area (Å²) in [6.45, 7) is 10.2. The molecule has 1 saturated heterocycles. The molecule has 0 amide bonds. The minimum absolute atomic E-state index is 0.262. The zero-order chi connectivity index (χ0) is 14.8. The van der Waals surface area contributed by atoms with Crippen LogP contribution >= 0.6 is 0 Å². The van der Waals surface area contributed by atoms with Crippen molar-refractivity contribution in [2.24, 2.45) is 5.92 Å². The first-order valence-electron chi connectivity index (χ1n) is 8.39. The molecule has 0 aliphatic carbocycles. The molecule has 0 radical (unpaired) electrons. The van der Waals surface area contributed by atoms with Crippen molar-refractivity contribution in [3.8, 4) is 5.75 Å². The van der Waals surface area contributed by atoms with Gasteiger partial charge in [0.1, 0.15) is 11.9 Å². The number of benzene rings is 1. The average molecular weight is 288 g/mol. The van der Waals surface area contributed by atoms with Gasteiger partial charge in [-0.15, -0.1) is 0 Å². The first-order chi connectivity index (χ1) is 10.1. The Morgan fingerprint density at radius 2 is 2.05 bits per heavy atom. The predicted octanol–water partition coefficient (Wildman–Crippen LogP) is 3.54. The van der Waals surface area contributed by atoms with Crippen LogP contribution in [0.25, 0.3) is 0 Å². The molecule has 3 rings (SSSR count). The Kier molecular flexibility index (Phi) is 4.39. The lowest BCUT2D eigenvalue weighted by atomic mass is 9.96. The number of fused-ring (bicyclic) bond motifs is 1. The molecule has 2 aliphatic heterocycles. The van der Waals surface area contributed by atoms with Gasteiger partial charge in [0, 0.05) is 6.04 Å². The quantitative estimate of drug-likeness (QED) is 0.920. The van der Waals surface area contributed by atoms with E-state index in [0.29, 0.717) is 6.04 Å². The fourth-order valence-corrected chi connectivity index (χ4v) is 3.40. The molecule has 116 valence electrons. The summed E-state index contributed by atoms with van der Waals surface area (Å²) in [4.78, 5) is 2.64. The first kappa shape index (κ1) is 14.7. The maximum absolute atomic E-state index is 5.85. The molecular formula is C18H28N2O. The van der Waals surface area contributed by atoms with Crippen molar-refractivity contribution in [1.29, 1.82) is 0 Å². The number of nitrogens with zero attached hydrogens (tertiary/aromatic N) is 1. The van der Waals surface area contributed by atoms with Crippen LogP contribution in [0.2, 0.25) is 0 Å². The molecule has 21 heavy (non-hydrogen) atoms. The molecule has 1 aromatic carbocycles. The fourth-order valence-electron chi connectivity index (χ4n) is 3.40. The molecule has 0 spiro atoms. The maximum Gasteiger partial charge on any atom is 0.142 e. The second-order valence-electron chi connectivity index (χ2n) is 6.91. The van der Waals surface area contributed by atoms with Gasteiger partial charge in [0.15, 0.2) is 0 Å². The van der Waals surface area contributed by atoms with Crippen molar-refractivity contribution >= 4 is 5.69 Å². The highest BCUT2D eigenvalue weighted by Gasteiger charge is 2.21. The van der Waals surface area contributed by atoms with Gasteiger partial charge in [-0.1, -0.05) is 13.0 Å². The molecule has 2 aliphatic rings. The predicted molar refractivity (Wildman–Crippen MR) is 88.2 cm³/mol. The third-order valence-corrected chi connectivity index (χ3v) is 4.92. The van der Waals surface area contributed by atoms with Gasteiger partial charge >= 0.3 is 0 Å². The molecule has 0 aromatic heterocycles. The summed E-state index contributed by atoms with van der Waals surface area (Å²) in [6.07, 6.45) is 4.08. The zero-order valence-electron chi connectivity index (χ0n) is 13.6. The number of hydrogen-bond donors (Lipinski definition) is 1. The standard InChI is InChI=1S/C18H28N2O/c1-13-6-8-20(9-7-13)14(2)10-16-4-5-18-17(11-16)19-12-15(3)21-18/h4-5,11,13-15,19H,6-10,12H2,1-3H3.